The molecule has 0 aliphatic heterocycles. The van der Waals surface area contributed by atoms with Crippen molar-refractivity contribution < 1.29 is 19.9 Å². The minimum absolute atomic E-state index is 0.334. The zero-order chi connectivity index (χ0) is 15.2. The van der Waals surface area contributed by atoms with Crippen LogP contribution in [-0.2, 0) is 13.6 Å². The van der Waals surface area contributed by atoms with Gasteiger partial charge in [0.05, 0.1) is 21.3 Å². The van der Waals surface area contributed by atoms with Crippen LogP contribution in [0, 0.1) is 0 Å². The Bertz CT molecular complexity index is 587. The van der Waals surface area contributed by atoms with Gasteiger partial charge in [-0.3, -0.25) is 0 Å². The van der Waals surface area contributed by atoms with Crippen LogP contribution in [0.3, 0.4) is 0 Å². The van der Waals surface area contributed by atoms with E-state index < -0.39 is 6.10 Å². The summed E-state index contributed by atoms with van der Waals surface area (Å²) in [5.74, 6) is 1.73. The molecule has 1 heterocycles. The summed E-state index contributed by atoms with van der Waals surface area (Å²) in [7, 11) is 4.87. The molecular formula is C13H20N5O3+. The molecule has 0 aliphatic carbocycles. The molecule has 21 heavy (non-hydrogen) atoms. The second-order valence-electron chi connectivity index (χ2n) is 4.57. The van der Waals surface area contributed by atoms with Crippen LogP contribution in [0.5, 0.6) is 11.5 Å². The number of quaternary nitrogens is 1. The van der Waals surface area contributed by atoms with Crippen LogP contribution < -0.4 is 14.8 Å². The van der Waals surface area contributed by atoms with Crippen LogP contribution in [0.25, 0.3) is 0 Å². The molecule has 2 aromatic rings. The van der Waals surface area contributed by atoms with E-state index in [1.807, 2.05) is 23.5 Å². The molecular weight excluding hydrogens is 274 g/mol. The Morgan fingerprint density at radius 3 is 2.67 bits per heavy atom. The molecule has 3 N–H and O–H groups in total. The minimum Gasteiger partial charge on any atom is -0.493 e. The summed E-state index contributed by atoms with van der Waals surface area (Å²) in [6, 6.07) is 5.75. The number of aliphatic hydroxyl groups excluding tert-OH is 1. The van der Waals surface area contributed by atoms with E-state index in [-0.39, 0.29) is 0 Å². The average molecular weight is 294 g/mol. The number of aliphatic hydroxyl groups is 1. The van der Waals surface area contributed by atoms with E-state index in [9.17, 15) is 5.11 Å². The lowest BCUT2D eigenvalue weighted by Crippen LogP contribution is -2.83. The molecule has 1 aromatic heterocycles. The lowest BCUT2D eigenvalue weighted by atomic mass is 10.2. The van der Waals surface area contributed by atoms with Gasteiger partial charge in [0.15, 0.2) is 17.6 Å². The van der Waals surface area contributed by atoms with Crippen molar-refractivity contribution in [1.29, 1.82) is 0 Å². The Labute approximate surface area is 122 Å². The summed E-state index contributed by atoms with van der Waals surface area (Å²) < 4.78 is 10.5. The van der Waals surface area contributed by atoms with E-state index in [1.54, 1.807) is 21.3 Å². The van der Waals surface area contributed by atoms with Gasteiger partial charge in [0.2, 0.25) is 5.82 Å². The monoisotopic (exact) mass is 294 g/mol. The lowest BCUT2D eigenvalue weighted by molar-refractivity contribution is -0.677. The van der Waals surface area contributed by atoms with Gasteiger partial charge in [0.25, 0.3) is 0 Å². The first-order valence-corrected chi connectivity index (χ1v) is 6.58. The number of benzene rings is 1. The number of ether oxygens (including phenoxy) is 2. The zero-order valence-electron chi connectivity index (χ0n) is 12.4. The number of aryl methyl sites for hydroxylation is 1. The molecule has 0 bridgehead atoms. The molecule has 2 rings (SSSR count). The highest BCUT2D eigenvalue weighted by Gasteiger charge is 2.15. The zero-order valence-corrected chi connectivity index (χ0v) is 12.4. The first kappa shape index (κ1) is 15.2. The van der Waals surface area contributed by atoms with Crippen LogP contribution in [0.4, 0.5) is 0 Å². The molecule has 0 saturated heterocycles. The van der Waals surface area contributed by atoms with Gasteiger partial charge in [0, 0.05) is 5.56 Å². The summed E-state index contributed by atoms with van der Waals surface area (Å²) in [5.41, 5.74) is 1.08. The molecule has 0 aliphatic rings. The molecule has 1 aromatic carbocycles. The van der Waals surface area contributed by atoms with E-state index in [0.29, 0.717) is 30.4 Å². The Hall–Kier alpha value is -2.19. The Morgan fingerprint density at radius 1 is 1.29 bits per heavy atom. The van der Waals surface area contributed by atoms with E-state index in [4.69, 9.17) is 9.47 Å². The van der Waals surface area contributed by atoms with Gasteiger partial charge >= 0.3 is 0 Å². The fourth-order valence-corrected chi connectivity index (χ4v) is 1.95. The maximum absolute atomic E-state index is 9.94. The molecule has 114 valence electrons. The maximum Gasteiger partial charge on any atom is 0.208 e. The fourth-order valence-electron chi connectivity index (χ4n) is 1.95. The van der Waals surface area contributed by atoms with Crippen molar-refractivity contribution >= 4 is 0 Å². The summed E-state index contributed by atoms with van der Waals surface area (Å²) >= 11 is 0. The molecule has 8 heteroatoms. The minimum atomic E-state index is -0.737. The SMILES string of the molecule is COc1ccc(C[NH2+]C[C@@H](O)c2nnn(C)n2)cc1OC. The summed E-state index contributed by atoms with van der Waals surface area (Å²) in [4.78, 5) is 1.33. The topological polar surface area (TPSA) is 98.9 Å². The third-order valence-electron chi connectivity index (χ3n) is 3.04. The quantitative estimate of drug-likeness (QED) is 0.681. The van der Waals surface area contributed by atoms with Crippen molar-refractivity contribution in [2.75, 3.05) is 20.8 Å². The van der Waals surface area contributed by atoms with Crippen molar-refractivity contribution in [2.45, 2.75) is 12.6 Å². The third kappa shape index (κ3) is 3.89. The Morgan fingerprint density at radius 2 is 2.05 bits per heavy atom. The normalized spacial score (nSPS) is 12.2. The highest BCUT2D eigenvalue weighted by atomic mass is 16.5. The average Bonchev–Trinajstić information content (AvgIpc) is 2.93. The maximum atomic E-state index is 9.94. The third-order valence-corrected chi connectivity index (χ3v) is 3.04. The van der Waals surface area contributed by atoms with E-state index in [0.717, 1.165) is 5.56 Å². The molecule has 0 spiro atoms. The number of nitrogens with two attached hydrogens (primary N) is 1. The smallest absolute Gasteiger partial charge is 0.208 e. The van der Waals surface area contributed by atoms with Crippen molar-refractivity contribution in [3.8, 4) is 11.5 Å². The number of hydrogen-bond acceptors (Lipinski definition) is 6. The van der Waals surface area contributed by atoms with Gasteiger partial charge in [-0.15, -0.1) is 10.2 Å². The lowest BCUT2D eigenvalue weighted by Gasteiger charge is -2.09. The predicted molar refractivity (Wildman–Crippen MR) is 73.8 cm³/mol. The van der Waals surface area contributed by atoms with Crippen molar-refractivity contribution in [3.05, 3.63) is 29.6 Å². The number of nitrogens with zero attached hydrogens (tertiary/aromatic N) is 4. The molecule has 0 radical (unpaired) electrons. The second-order valence-corrected chi connectivity index (χ2v) is 4.57. The summed E-state index contributed by atoms with van der Waals surface area (Å²) in [6.45, 7) is 1.16. The largest absolute Gasteiger partial charge is 0.493 e. The van der Waals surface area contributed by atoms with Crippen molar-refractivity contribution in [3.63, 3.8) is 0 Å². The van der Waals surface area contributed by atoms with E-state index in [2.05, 4.69) is 15.4 Å². The Kier molecular flexibility index (Phi) is 5.07. The highest BCUT2D eigenvalue weighted by Crippen LogP contribution is 2.27. The summed E-state index contributed by atoms with van der Waals surface area (Å²) in [6.07, 6.45) is -0.737. The van der Waals surface area contributed by atoms with Crippen LogP contribution >= 0.6 is 0 Å². The molecule has 1 atom stereocenters. The first-order chi connectivity index (χ1) is 10.1. The second kappa shape index (κ2) is 7.00. The van der Waals surface area contributed by atoms with Gasteiger partial charge in [-0.2, -0.15) is 4.80 Å². The first-order valence-electron chi connectivity index (χ1n) is 6.58. The molecule has 0 saturated carbocycles. The number of hydrogen-bond donors (Lipinski definition) is 2. The predicted octanol–water partition coefficient (Wildman–Crippen LogP) is -0.976. The Balaban J connectivity index is 1.88. The molecule has 8 nitrogen and oxygen atoms in total. The van der Waals surface area contributed by atoms with Gasteiger partial charge < -0.3 is 19.9 Å². The number of methoxy groups -OCH3 is 2. The van der Waals surface area contributed by atoms with Crippen molar-refractivity contribution in [1.82, 2.24) is 20.2 Å². The van der Waals surface area contributed by atoms with Gasteiger partial charge in [-0.05, 0) is 23.4 Å². The molecule has 0 unspecified atom stereocenters. The van der Waals surface area contributed by atoms with Crippen LogP contribution in [-0.4, -0.2) is 46.1 Å². The van der Waals surface area contributed by atoms with E-state index >= 15 is 0 Å². The van der Waals surface area contributed by atoms with Crippen LogP contribution in [0.2, 0.25) is 0 Å². The number of aromatic nitrogens is 4. The number of rotatable bonds is 7. The molecule has 0 amide bonds. The van der Waals surface area contributed by atoms with Crippen LogP contribution in [0.15, 0.2) is 18.2 Å². The standard InChI is InChI=1S/C13H19N5O3/c1-18-16-13(15-17-18)10(19)8-14-7-9-4-5-11(20-2)12(6-9)21-3/h4-6,10,14,19H,7-8H2,1-3H3/p+1/t10-/m1/s1. The van der Waals surface area contributed by atoms with Gasteiger partial charge in [0.1, 0.15) is 13.1 Å². The summed E-state index contributed by atoms with van der Waals surface area (Å²) in [5, 5.41) is 23.4. The van der Waals surface area contributed by atoms with E-state index in [1.165, 1.54) is 4.80 Å². The van der Waals surface area contributed by atoms with Gasteiger partial charge in [-0.25, -0.2) is 0 Å². The highest BCUT2D eigenvalue weighted by molar-refractivity contribution is 5.42. The van der Waals surface area contributed by atoms with Crippen LogP contribution in [0.1, 0.15) is 17.5 Å². The molecule has 0 fully saturated rings. The van der Waals surface area contributed by atoms with Crippen molar-refractivity contribution in [2.24, 2.45) is 7.05 Å². The van der Waals surface area contributed by atoms with Gasteiger partial charge in [-0.1, -0.05) is 0 Å². The number of tetrazole rings is 1. The fraction of sp³-hybridized carbons (Fsp3) is 0.462.